The molecule has 2 aliphatic heterocycles. The number of carbonyl (C=O) groups is 1. The first-order chi connectivity index (χ1) is 14.5. The highest BCUT2D eigenvalue weighted by Crippen LogP contribution is 2.44. The van der Waals surface area contributed by atoms with Crippen molar-refractivity contribution in [3.05, 3.63) is 69.5 Å². The Morgan fingerprint density at radius 1 is 1.23 bits per heavy atom. The second kappa shape index (κ2) is 7.63. The molecule has 7 heteroatoms. The molecular weight excluding hydrogens is 396 g/mol. The number of amides is 1. The van der Waals surface area contributed by atoms with E-state index in [1.165, 1.54) is 16.9 Å². The molecule has 4 heterocycles. The van der Waals surface area contributed by atoms with E-state index in [1.807, 2.05) is 36.3 Å². The number of benzene rings is 1. The van der Waals surface area contributed by atoms with E-state index in [9.17, 15) is 4.79 Å². The average Bonchev–Trinajstić information content (AvgIpc) is 3.46. The Labute approximate surface area is 180 Å². The molecule has 2 aliphatic rings. The molecule has 0 saturated carbocycles. The van der Waals surface area contributed by atoms with Crippen LogP contribution >= 0.6 is 11.3 Å². The number of hydrogen-bond donors (Lipinski definition) is 0. The van der Waals surface area contributed by atoms with Gasteiger partial charge >= 0.3 is 0 Å². The van der Waals surface area contributed by atoms with E-state index in [0.717, 1.165) is 48.9 Å². The van der Waals surface area contributed by atoms with Crippen LogP contribution in [0.1, 0.15) is 38.9 Å². The van der Waals surface area contributed by atoms with Crippen molar-refractivity contribution in [3.63, 3.8) is 0 Å². The zero-order chi connectivity index (χ0) is 20.7. The lowest BCUT2D eigenvalue weighted by molar-refractivity contribution is 0.0578. The minimum absolute atomic E-state index is 0.127. The standard InChI is InChI=1S/C23H26N4O2S/c1-16-9-11-30-20(16)21(28)27-10-8-19-13-26(12-18-6-4-3-5-7-18)14-23(19,15-27)22-24-17(2)29-25-22/h3-7,9,11,19H,8,10,12-15H2,1-2H3/t19-,23+/m0/s1. The topological polar surface area (TPSA) is 62.5 Å². The molecule has 0 unspecified atom stereocenters. The summed E-state index contributed by atoms with van der Waals surface area (Å²) in [5.41, 5.74) is 2.07. The molecule has 0 radical (unpaired) electrons. The smallest absolute Gasteiger partial charge is 0.264 e. The Bertz CT molecular complexity index is 1050. The van der Waals surface area contributed by atoms with E-state index in [0.29, 0.717) is 18.4 Å². The largest absolute Gasteiger partial charge is 0.340 e. The van der Waals surface area contributed by atoms with Gasteiger partial charge in [0.15, 0.2) is 5.82 Å². The number of hydrogen-bond acceptors (Lipinski definition) is 6. The van der Waals surface area contributed by atoms with Crippen molar-refractivity contribution in [3.8, 4) is 0 Å². The molecule has 0 bridgehead atoms. The van der Waals surface area contributed by atoms with Gasteiger partial charge in [0.1, 0.15) is 0 Å². The second-order valence-corrected chi connectivity index (χ2v) is 9.51. The first-order valence-electron chi connectivity index (χ1n) is 10.5. The van der Waals surface area contributed by atoms with Crippen molar-refractivity contribution >= 4 is 17.2 Å². The van der Waals surface area contributed by atoms with E-state index in [-0.39, 0.29) is 11.3 Å². The third-order valence-corrected chi connectivity index (χ3v) is 7.56. The zero-order valence-electron chi connectivity index (χ0n) is 17.4. The van der Waals surface area contributed by atoms with Crippen LogP contribution in [0.4, 0.5) is 0 Å². The van der Waals surface area contributed by atoms with Gasteiger partial charge in [0.2, 0.25) is 5.89 Å². The third kappa shape index (κ3) is 3.36. The maximum Gasteiger partial charge on any atom is 0.264 e. The SMILES string of the molecule is Cc1nc([C@@]23CN(Cc4ccccc4)C[C@@H]2CCN(C(=O)c2sccc2C)C3)no1. The van der Waals surface area contributed by atoms with Crippen LogP contribution in [-0.2, 0) is 12.0 Å². The van der Waals surface area contributed by atoms with Gasteiger partial charge in [-0.1, -0.05) is 35.5 Å². The summed E-state index contributed by atoms with van der Waals surface area (Å²) < 4.78 is 5.38. The molecule has 0 spiro atoms. The fourth-order valence-corrected chi connectivity index (χ4v) is 5.95. The highest BCUT2D eigenvalue weighted by molar-refractivity contribution is 7.12. The van der Waals surface area contributed by atoms with Crippen LogP contribution in [0.2, 0.25) is 0 Å². The van der Waals surface area contributed by atoms with Gasteiger partial charge in [-0.25, -0.2) is 0 Å². The monoisotopic (exact) mass is 422 g/mol. The average molecular weight is 423 g/mol. The number of aromatic nitrogens is 2. The van der Waals surface area contributed by atoms with E-state index >= 15 is 0 Å². The Morgan fingerprint density at radius 2 is 2.07 bits per heavy atom. The third-order valence-electron chi connectivity index (χ3n) is 6.55. The molecule has 5 rings (SSSR count). The maximum atomic E-state index is 13.3. The lowest BCUT2D eigenvalue weighted by Gasteiger charge is -2.42. The van der Waals surface area contributed by atoms with Crippen LogP contribution in [0, 0.1) is 19.8 Å². The zero-order valence-corrected chi connectivity index (χ0v) is 18.2. The summed E-state index contributed by atoms with van der Waals surface area (Å²) in [6, 6.07) is 12.6. The summed E-state index contributed by atoms with van der Waals surface area (Å²) in [7, 11) is 0. The van der Waals surface area contributed by atoms with Gasteiger partial charge in [0.05, 0.1) is 10.3 Å². The Hall–Kier alpha value is -2.51. The minimum atomic E-state index is -0.286. The number of likely N-dealkylation sites (tertiary alicyclic amines) is 2. The number of carbonyl (C=O) groups excluding carboxylic acids is 1. The van der Waals surface area contributed by atoms with E-state index < -0.39 is 0 Å². The molecule has 3 aromatic rings. The maximum absolute atomic E-state index is 13.3. The number of nitrogens with zero attached hydrogens (tertiary/aromatic N) is 4. The minimum Gasteiger partial charge on any atom is -0.340 e. The van der Waals surface area contributed by atoms with E-state index in [1.54, 1.807) is 0 Å². The van der Waals surface area contributed by atoms with Crippen LogP contribution in [0.15, 0.2) is 46.3 Å². The van der Waals surface area contributed by atoms with Crippen molar-refractivity contribution in [2.75, 3.05) is 26.2 Å². The molecule has 1 aromatic carbocycles. The van der Waals surface area contributed by atoms with Gasteiger partial charge in [-0.05, 0) is 41.8 Å². The molecule has 0 N–H and O–H groups in total. The summed E-state index contributed by atoms with van der Waals surface area (Å²) in [5, 5.41) is 6.33. The van der Waals surface area contributed by atoms with Gasteiger partial charge in [0, 0.05) is 39.6 Å². The fourth-order valence-electron chi connectivity index (χ4n) is 5.05. The Morgan fingerprint density at radius 3 is 2.77 bits per heavy atom. The van der Waals surface area contributed by atoms with Gasteiger partial charge < -0.3 is 9.42 Å². The number of rotatable bonds is 4. The lowest BCUT2D eigenvalue weighted by Crippen LogP contribution is -2.54. The Balaban J connectivity index is 1.44. The predicted octanol–water partition coefficient (Wildman–Crippen LogP) is 3.66. The van der Waals surface area contributed by atoms with Gasteiger partial charge in [0.25, 0.3) is 5.91 Å². The summed E-state index contributed by atoms with van der Waals surface area (Å²) >= 11 is 1.53. The van der Waals surface area contributed by atoms with Crippen molar-refractivity contribution in [1.29, 1.82) is 0 Å². The molecule has 2 fully saturated rings. The van der Waals surface area contributed by atoms with Gasteiger partial charge in [-0.15, -0.1) is 11.3 Å². The van der Waals surface area contributed by atoms with Crippen LogP contribution in [0.5, 0.6) is 0 Å². The van der Waals surface area contributed by atoms with Crippen molar-refractivity contribution in [2.45, 2.75) is 32.2 Å². The predicted molar refractivity (Wildman–Crippen MR) is 115 cm³/mol. The summed E-state index contributed by atoms with van der Waals surface area (Å²) in [6.07, 6.45) is 0.953. The lowest BCUT2D eigenvalue weighted by atomic mass is 9.72. The summed E-state index contributed by atoms with van der Waals surface area (Å²) in [4.78, 5) is 23.3. The number of aryl methyl sites for hydroxylation is 2. The van der Waals surface area contributed by atoms with Crippen molar-refractivity contribution in [1.82, 2.24) is 19.9 Å². The van der Waals surface area contributed by atoms with Crippen molar-refractivity contribution < 1.29 is 9.32 Å². The Kier molecular flexibility index (Phi) is 4.95. The highest BCUT2D eigenvalue weighted by atomic mass is 32.1. The van der Waals surface area contributed by atoms with Gasteiger partial charge in [-0.3, -0.25) is 9.69 Å². The van der Waals surface area contributed by atoms with Crippen LogP contribution in [0.25, 0.3) is 0 Å². The summed E-state index contributed by atoms with van der Waals surface area (Å²) in [6.45, 7) is 7.97. The molecule has 2 saturated heterocycles. The first kappa shape index (κ1) is 19.5. The molecule has 30 heavy (non-hydrogen) atoms. The molecule has 2 atom stereocenters. The normalized spacial score (nSPS) is 24.2. The first-order valence-corrected chi connectivity index (χ1v) is 11.3. The molecular formula is C23H26N4O2S. The molecule has 156 valence electrons. The van der Waals surface area contributed by atoms with E-state index in [2.05, 4.69) is 39.3 Å². The van der Waals surface area contributed by atoms with Gasteiger partial charge in [-0.2, -0.15) is 4.98 Å². The second-order valence-electron chi connectivity index (χ2n) is 8.59. The van der Waals surface area contributed by atoms with Crippen LogP contribution in [-0.4, -0.2) is 52.0 Å². The summed E-state index contributed by atoms with van der Waals surface area (Å²) in [5.74, 6) is 1.87. The number of thiophene rings is 1. The van der Waals surface area contributed by atoms with E-state index in [4.69, 9.17) is 4.52 Å². The quantitative estimate of drug-likeness (QED) is 0.642. The molecule has 1 amide bonds. The number of piperidine rings is 1. The fraction of sp³-hybridized carbons (Fsp3) is 0.435. The van der Waals surface area contributed by atoms with Crippen LogP contribution < -0.4 is 0 Å². The van der Waals surface area contributed by atoms with Crippen LogP contribution in [0.3, 0.4) is 0 Å². The number of fused-ring (bicyclic) bond motifs is 1. The van der Waals surface area contributed by atoms with Crippen molar-refractivity contribution in [2.24, 2.45) is 5.92 Å². The molecule has 6 nitrogen and oxygen atoms in total. The highest BCUT2D eigenvalue weighted by Gasteiger charge is 2.54. The molecule has 2 aromatic heterocycles. The molecule has 0 aliphatic carbocycles.